The van der Waals surface area contributed by atoms with Gasteiger partial charge in [0.15, 0.2) is 17.3 Å². The molecule has 1 N–H and O–H groups in total. The van der Waals surface area contributed by atoms with Gasteiger partial charge < -0.3 is 14.7 Å². The van der Waals surface area contributed by atoms with Crippen molar-refractivity contribution in [2.45, 2.75) is 25.7 Å². The minimum atomic E-state index is -0.140. The van der Waals surface area contributed by atoms with Gasteiger partial charge in [0.05, 0.1) is 7.11 Å². The Morgan fingerprint density at radius 2 is 1.88 bits per heavy atom. The van der Waals surface area contributed by atoms with Crippen molar-refractivity contribution < 1.29 is 19.4 Å². The molecule has 1 saturated carbocycles. The van der Waals surface area contributed by atoms with E-state index in [-0.39, 0.29) is 30.3 Å². The number of hydrogen-bond donors (Lipinski definition) is 1. The highest BCUT2D eigenvalue weighted by Crippen LogP contribution is 2.30. The number of aromatic hydroxyl groups is 1. The normalized spacial score (nSPS) is 18.2. The highest BCUT2D eigenvalue weighted by atomic mass is 16.5. The van der Waals surface area contributed by atoms with Crippen molar-refractivity contribution in [3.8, 4) is 11.5 Å². The molecule has 0 bridgehead atoms. The van der Waals surface area contributed by atoms with E-state index in [9.17, 15) is 14.7 Å². The Morgan fingerprint density at radius 1 is 1.16 bits per heavy atom. The molecule has 1 heterocycles. The highest BCUT2D eigenvalue weighted by Gasteiger charge is 2.27. The highest BCUT2D eigenvalue weighted by molar-refractivity contribution is 5.98. The Bertz CT molecular complexity index is 634. The fraction of sp³-hybridized carbons (Fsp3) is 0.579. The first-order valence-electron chi connectivity index (χ1n) is 8.97. The lowest BCUT2D eigenvalue weighted by atomic mass is 10.1. The Balaban J connectivity index is 1.44. The van der Waals surface area contributed by atoms with E-state index in [2.05, 4.69) is 4.90 Å². The van der Waals surface area contributed by atoms with Crippen LogP contribution in [-0.4, -0.2) is 66.4 Å². The van der Waals surface area contributed by atoms with Crippen LogP contribution in [0.1, 0.15) is 36.0 Å². The fourth-order valence-electron chi connectivity index (χ4n) is 3.23. The average Bonchev–Trinajstić information content (AvgIpc) is 3.44. The van der Waals surface area contributed by atoms with Crippen LogP contribution in [-0.2, 0) is 4.79 Å². The van der Waals surface area contributed by atoms with Crippen molar-refractivity contribution in [1.82, 2.24) is 9.80 Å². The summed E-state index contributed by atoms with van der Waals surface area (Å²) in [6.45, 7) is 4.54. The number of Topliss-reactive ketones (excluding diaryl/α,β-unsaturated/α-hetero) is 1. The molecule has 1 aromatic carbocycles. The van der Waals surface area contributed by atoms with Crippen molar-refractivity contribution in [3.63, 3.8) is 0 Å². The van der Waals surface area contributed by atoms with Crippen LogP contribution >= 0.6 is 0 Å². The number of hydrogen-bond acceptors (Lipinski definition) is 5. The first-order valence-corrected chi connectivity index (χ1v) is 8.97. The molecule has 25 heavy (non-hydrogen) atoms. The topological polar surface area (TPSA) is 70.1 Å². The summed E-state index contributed by atoms with van der Waals surface area (Å²) < 4.78 is 4.97. The molecule has 1 aliphatic heterocycles. The van der Waals surface area contributed by atoms with Crippen LogP contribution in [0.15, 0.2) is 18.2 Å². The number of phenolic OH excluding ortho intramolecular Hbond substituents is 1. The molecule has 0 aromatic heterocycles. The van der Waals surface area contributed by atoms with Crippen molar-refractivity contribution in [2.75, 3.05) is 39.8 Å². The summed E-state index contributed by atoms with van der Waals surface area (Å²) in [7, 11) is 1.46. The number of piperazine rings is 1. The van der Waals surface area contributed by atoms with Gasteiger partial charge in [0.2, 0.25) is 5.91 Å². The summed E-state index contributed by atoms with van der Waals surface area (Å²) in [5.74, 6) is 1.04. The van der Waals surface area contributed by atoms with Gasteiger partial charge in [-0.1, -0.05) is 0 Å². The summed E-state index contributed by atoms with van der Waals surface area (Å²) in [6, 6.07) is 4.56. The van der Waals surface area contributed by atoms with Gasteiger partial charge >= 0.3 is 0 Å². The molecule has 2 aliphatic rings. The van der Waals surface area contributed by atoms with E-state index < -0.39 is 0 Å². The first-order chi connectivity index (χ1) is 12.1. The van der Waals surface area contributed by atoms with E-state index in [1.807, 2.05) is 4.90 Å². The number of benzene rings is 1. The van der Waals surface area contributed by atoms with Gasteiger partial charge in [0.25, 0.3) is 0 Å². The van der Waals surface area contributed by atoms with E-state index in [1.54, 1.807) is 12.1 Å². The molecule has 6 nitrogen and oxygen atoms in total. The summed E-state index contributed by atoms with van der Waals surface area (Å²) in [5, 5.41) is 9.76. The molecule has 136 valence electrons. The van der Waals surface area contributed by atoms with Gasteiger partial charge in [-0.25, -0.2) is 0 Å². The minimum Gasteiger partial charge on any atom is -0.504 e. The SMILES string of the molecule is COc1ccc(C(=O)CCC(=O)N2CCN(CC3CC3)CC2)cc1O. The van der Waals surface area contributed by atoms with Gasteiger partial charge in [-0.05, 0) is 37.0 Å². The van der Waals surface area contributed by atoms with Crippen LogP contribution in [0, 0.1) is 5.92 Å². The van der Waals surface area contributed by atoms with Crippen molar-refractivity contribution >= 4 is 11.7 Å². The van der Waals surface area contributed by atoms with Crippen LogP contribution in [0.4, 0.5) is 0 Å². The Morgan fingerprint density at radius 3 is 2.48 bits per heavy atom. The third kappa shape index (κ3) is 4.72. The van der Waals surface area contributed by atoms with E-state index in [1.165, 1.54) is 32.6 Å². The molecule has 0 spiro atoms. The Hall–Kier alpha value is -2.08. The molecule has 1 aliphatic carbocycles. The van der Waals surface area contributed by atoms with Gasteiger partial charge in [-0.15, -0.1) is 0 Å². The predicted molar refractivity (Wildman–Crippen MR) is 94.0 cm³/mol. The molecule has 1 saturated heterocycles. The predicted octanol–water partition coefficient (Wildman–Crippen LogP) is 1.92. The lowest BCUT2D eigenvalue weighted by Gasteiger charge is -2.34. The first kappa shape index (κ1) is 17.7. The third-order valence-electron chi connectivity index (χ3n) is 5.01. The second-order valence-corrected chi connectivity index (χ2v) is 6.93. The van der Waals surface area contributed by atoms with Crippen LogP contribution in [0.2, 0.25) is 0 Å². The maximum Gasteiger partial charge on any atom is 0.223 e. The number of carbonyl (C=O) groups is 2. The molecule has 0 atom stereocenters. The number of phenols is 1. The van der Waals surface area contributed by atoms with Crippen LogP contribution in [0.25, 0.3) is 0 Å². The number of rotatable bonds is 7. The van der Waals surface area contributed by atoms with E-state index in [0.29, 0.717) is 11.3 Å². The second-order valence-electron chi connectivity index (χ2n) is 6.93. The maximum absolute atomic E-state index is 12.3. The number of carbonyl (C=O) groups excluding carboxylic acids is 2. The van der Waals surface area contributed by atoms with Crippen LogP contribution in [0.5, 0.6) is 11.5 Å². The third-order valence-corrected chi connectivity index (χ3v) is 5.01. The largest absolute Gasteiger partial charge is 0.504 e. The monoisotopic (exact) mass is 346 g/mol. The zero-order chi connectivity index (χ0) is 17.8. The van der Waals surface area contributed by atoms with Crippen molar-refractivity contribution in [2.24, 2.45) is 5.92 Å². The zero-order valence-electron chi connectivity index (χ0n) is 14.7. The lowest BCUT2D eigenvalue weighted by Crippen LogP contribution is -2.49. The fourth-order valence-corrected chi connectivity index (χ4v) is 3.23. The van der Waals surface area contributed by atoms with Crippen LogP contribution in [0.3, 0.4) is 0 Å². The number of amides is 1. The molecule has 3 rings (SSSR count). The van der Waals surface area contributed by atoms with Gasteiger partial charge in [0.1, 0.15) is 0 Å². The summed E-state index contributed by atoms with van der Waals surface area (Å²) in [4.78, 5) is 28.9. The van der Waals surface area contributed by atoms with Crippen molar-refractivity contribution in [3.05, 3.63) is 23.8 Å². The molecule has 0 radical (unpaired) electrons. The standard InChI is InChI=1S/C19H26N2O4/c1-25-18-6-4-15(12-17(18)23)16(22)5-7-19(24)21-10-8-20(9-11-21)13-14-2-3-14/h4,6,12,14,23H,2-3,5,7-11,13H2,1H3. The number of ketones is 1. The second kappa shape index (κ2) is 7.87. The number of ether oxygens (including phenoxy) is 1. The molecular formula is C19H26N2O4. The lowest BCUT2D eigenvalue weighted by molar-refractivity contribution is -0.132. The molecule has 1 amide bonds. The van der Waals surface area contributed by atoms with Crippen molar-refractivity contribution in [1.29, 1.82) is 0 Å². The minimum absolute atomic E-state index is 0.0390. The van der Waals surface area contributed by atoms with Gasteiger partial charge in [-0.3, -0.25) is 14.5 Å². The Kier molecular flexibility index (Phi) is 5.58. The van der Waals surface area contributed by atoms with Gasteiger partial charge in [-0.2, -0.15) is 0 Å². The van der Waals surface area contributed by atoms with E-state index >= 15 is 0 Å². The zero-order valence-corrected chi connectivity index (χ0v) is 14.7. The molecule has 0 unspecified atom stereocenters. The summed E-state index contributed by atoms with van der Waals surface area (Å²) >= 11 is 0. The quantitative estimate of drug-likeness (QED) is 0.764. The molecule has 2 fully saturated rings. The van der Waals surface area contributed by atoms with E-state index in [0.717, 1.165) is 32.1 Å². The molecular weight excluding hydrogens is 320 g/mol. The summed E-state index contributed by atoms with van der Waals surface area (Å²) in [5.41, 5.74) is 0.403. The molecule has 6 heteroatoms. The average molecular weight is 346 g/mol. The maximum atomic E-state index is 12.3. The van der Waals surface area contributed by atoms with E-state index in [4.69, 9.17) is 4.74 Å². The van der Waals surface area contributed by atoms with Gasteiger partial charge in [0, 0.05) is 51.1 Å². The molecule has 1 aromatic rings. The summed E-state index contributed by atoms with van der Waals surface area (Å²) in [6.07, 6.45) is 3.07. The number of methoxy groups -OCH3 is 1. The Labute approximate surface area is 148 Å². The number of nitrogens with zero attached hydrogens (tertiary/aromatic N) is 2. The smallest absolute Gasteiger partial charge is 0.223 e. The van der Waals surface area contributed by atoms with Crippen LogP contribution < -0.4 is 4.74 Å².